The van der Waals surface area contributed by atoms with Gasteiger partial charge in [0.05, 0.1) is 15.5 Å². The van der Waals surface area contributed by atoms with Gasteiger partial charge >= 0.3 is 0 Å². The summed E-state index contributed by atoms with van der Waals surface area (Å²) in [7, 11) is 0. The first-order valence-electron chi connectivity index (χ1n) is 7.96. The number of hydrogen-bond donors (Lipinski definition) is 2. The van der Waals surface area contributed by atoms with Crippen molar-refractivity contribution < 1.29 is 9.72 Å². The summed E-state index contributed by atoms with van der Waals surface area (Å²) in [6, 6.07) is 8.66. The molecule has 1 amide bonds. The topological polar surface area (TPSA) is 97.2 Å². The van der Waals surface area contributed by atoms with Crippen molar-refractivity contribution in [3.63, 3.8) is 0 Å². The fraction of sp³-hybridized carbons (Fsp3) is 0.176. The summed E-state index contributed by atoms with van der Waals surface area (Å²) in [5.41, 5.74) is 1.38. The molecule has 1 aromatic carbocycles. The zero-order valence-corrected chi connectivity index (χ0v) is 15.1. The van der Waals surface area contributed by atoms with Crippen LogP contribution >= 0.6 is 22.7 Å². The summed E-state index contributed by atoms with van der Waals surface area (Å²) in [5.74, 6) is -0.418. The van der Waals surface area contributed by atoms with Crippen molar-refractivity contribution in [1.29, 1.82) is 0 Å². The number of nitro groups is 1. The normalized spacial score (nSPS) is 13.4. The van der Waals surface area contributed by atoms with Gasteiger partial charge in [0.1, 0.15) is 5.69 Å². The molecule has 1 saturated carbocycles. The minimum absolute atomic E-state index is 0.0945. The maximum Gasteiger partial charge on any atom is 0.293 e. The van der Waals surface area contributed by atoms with Gasteiger partial charge in [-0.25, -0.2) is 4.98 Å². The number of thiazole rings is 1. The third kappa shape index (κ3) is 3.58. The molecule has 0 aliphatic heterocycles. The standard InChI is InChI=1S/C17H14N4O3S2/c22-16(20-17-19-13(9-26-17)15-2-1-7-25-15)10-3-6-12(18-11-4-5-11)14(8-10)21(23)24/h1-3,6-9,11,18H,4-5H2,(H,19,20,22). The zero-order chi connectivity index (χ0) is 18.1. The van der Waals surface area contributed by atoms with Gasteiger partial charge in [-0.1, -0.05) is 6.07 Å². The third-order valence-corrected chi connectivity index (χ3v) is 5.54. The summed E-state index contributed by atoms with van der Waals surface area (Å²) >= 11 is 2.89. The molecule has 9 heteroatoms. The Morgan fingerprint density at radius 3 is 2.81 bits per heavy atom. The molecule has 0 saturated heterocycles. The van der Waals surface area contributed by atoms with Crippen LogP contribution < -0.4 is 10.6 Å². The average molecular weight is 386 g/mol. The van der Waals surface area contributed by atoms with E-state index in [1.54, 1.807) is 23.5 Å². The van der Waals surface area contributed by atoms with Crippen LogP contribution in [0.25, 0.3) is 10.6 Å². The summed E-state index contributed by atoms with van der Waals surface area (Å²) in [6.07, 6.45) is 2.02. The number of hydrogen-bond acceptors (Lipinski definition) is 7. The van der Waals surface area contributed by atoms with Crippen LogP contribution in [0.15, 0.2) is 41.1 Å². The van der Waals surface area contributed by atoms with Crippen LogP contribution in [-0.4, -0.2) is 21.9 Å². The van der Waals surface area contributed by atoms with Gasteiger partial charge in [0.25, 0.3) is 11.6 Å². The average Bonchev–Trinajstić information content (AvgIpc) is 3.10. The number of amides is 1. The number of nitro benzene ring substituents is 1. The van der Waals surface area contributed by atoms with Crippen LogP contribution in [0.4, 0.5) is 16.5 Å². The van der Waals surface area contributed by atoms with Crippen LogP contribution in [0.1, 0.15) is 23.2 Å². The molecule has 7 nitrogen and oxygen atoms in total. The Hall–Kier alpha value is -2.78. The Labute approximate surface area is 156 Å². The van der Waals surface area contributed by atoms with Gasteiger partial charge in [-0.2, -0.15) is 0 Å². The highest BCUT2D eigenvalue weighted by Gasteiger charge is 2.25. The van der Waals surface area contributed by atoms with E-state index in [4.69, 9.17) is 0 Å². The number of anilines is 2. The number of rotatable bonds is 6. The molecule has 0 bridgehead atoms. The lowest BCUT2D eigenvalue weighted by Crippen LogP contribution is -2.13. The lowest BCUT2D eigenvalue weighted by atomic mass is 10.1. The van der Waals surface area contributed by atoms with Crippen molar-refractivity contribution in [2.45, 2.75) is 18.9 Å². The molecule has 1 aliphatic rings. The van der Waals surface area contributed by atoms with Crippen molar-refractivity contribution >= 4 is 45.1 Å². The lowest BCUT2D eigenvalue weighted by molar-refractivity contribution is -0.384. The number of thiophene rings is 1. The van der Waals surface area contributed by atoms with Gasteiger partial charge in [0.2, 0.25) is 0 Å². The maximum atomic E-state index is 12.4. The highest BCUT2D eigenvalue weighted by atomic mass is 32.1. The molecule has 1 aliphatic carbocycles. The zero-order valence-electron chi connectivity index (χ0n) is 13.5. The van der Waals surface area contributed by atoms with Gasteiger partial charge in [-0.3, -0.25) is 20.2 Å². The first-order valence-corrected chi connectivity index (χ1v) is 9.72. The number of aromatic nitrogens is 1. The van der Waals surface area contributed by atoms with E-state index in [0.29, 0.717) is 16.9 Å². The van der Waals surface area contributed by atoms with E-state index in [1.807, 2.05) is 22.9 Å². The molecule has 1 fully saturated rings. The van der Waals surface area contributed by atoms with E-state index in [1.165, 1.54) is 17.4 Å². The van der Waals surface area contributed by atoms with E-state index in [2.05, 4.69) is 15.6 Å². The smallest absolute Gasteiger partial charge is 0.293 e. The fourth-order valence-corrected chi connectivity index (χ4v) is 3.90. The minimum Gasteiger partial charge on any atom is -0.377 e. The Morgan fingerprint density at radius 2 is 2.12 bits per heavy atom. The van der Waals surface area contributed by atoms with Crippen molar-refractivity contribution in [2.75, 3.05) is 10.6 Å². The highest BCUT2D eigenvalue weighted by Crippen LogP contribution is 2.32. The molecule has 0 spiro atoms. The molecule has 0 atom stereocenters. The van der Waals surface area contributed by atoms with E-state index < -0.39 is 10.8 Å². The molecule has 4 rings (SSSR count). The number of nitrogens with one attached hydrogen (secondary N) is 2. The molecule has 0 radical (unpaired) electrons. The first kappa shape index (κ1) is 16.7. The van der Waals surface area contributed by atoms with E-state index in [9.17, 15) is 14.9 Å². The second-order valence-electron chi connectivity index (χ2n) is 5.88. The van der Waals surface area contributed by atoms with Crippen LogP contribution in [0.5, 0.6) is 0 Å². The summed E-state index contributed by atoms with van der Waals surface area (Å²) in [4.78, 5) is 28.7. The van der Waals surface area contributed by atoms with Crippen LogP contribution in [0.3, 0.4) is 0 Å². The number of carbonyl (C=O) groups excluding carboxylic acids is 1. The molecule has 0 unspecified atom stereocenters. The highest BCUT2D eigenvalue weighted by molar-refractivity contribution is 7.16. The largest absolute Gasteiger partial charge is 0.377 e. The Kier molecular flexibility index (Phi) is 4.39. The second-order valence-corrected chi connectivity index (χ2v) is 7.68. The Morgan fingerprint density at radius 1 is 1.27 bits per heavy atom. The summed E-state index contributed by atoms with van der Waals surface area (Å²) < 4.78 is 0. The Balaban J connectivity index is 1.52. The lowest BCUT2D eigenvalue weighted by Gasteiger charge is -2.07. The molecule has 132 valence electrons. The van der Waals surface area contributed by atoms with Crippen LogP contribution in [0.2, 0.25) is 0 Å². The molecule has 3 aromatic rings. The van der Waals surface area contributed by atoms with E-state index in [-0.39, 0.29) is 11.3 Å². The Bertz CT molecular complexity index is 964. The van der Waals surface area contributed by atoms with Crippen molar-refractivity contribution in [3.05, 3.63) is 56.8 Å². The molecule has 2 N–H and O–H groups in total. The number of nitrogens with zero attached hydrogens (tertiary/aromatic N) is 2. The molecule has 26 heavy (non-hydrogen) atoms. The van der Waals surface area contributed by atoms with E-state index in [0.717, 1.165) is 23.4 Å². The predicted molar refractivity (Wildman–Crippen MR) is 103 cm³/mol. The third-order valence-electron chi connectivity index (χ3n) is 3.89. The summed E-state index contributed by atoms with van der Waals surface area (Å²) in [5, 5.41) is 21.4. The molecular formula is C17H14N4O3S2. The summed E-state index contributed by atoms with van der Waals surface area (Å²) in [6.45, 7) is 0. The first-order chi connectivity index (χ1) is 12.6. The molecular weight excluding hydrogens is 372 g/mol. The van der Waals surface area contributed by atoms with Gasteiger partial charge in [-0.15, -0.1) is 22.7 Å². The monoisotopic (exact) mass is 386 g/mol. The fourth-order valence-electron chi connectivity index (χ4n) is 2.43. The number of carbonyl (C=O) groups is 1. The predicted octanol–water partition coefficient (Wildman–Crippen LogP) is 4.61. The van der Waals surface area contributed by atoms with Gasteiger partial charge in [0, 0.05) is 23.1 Å². The molecule has 2 aromatic heterocycles. The maximum absolute atomic E-state index is 12.4. The second kappa shape index (κ2) is 6.85. The van der Waals surface area contributed by atoms with Gasteiger partial charge in [-0.05, 0) is 36.4 Å². The minimum atomic E-state index is -0.472. The van der Waals surface area contributed by atoms with Gasteiger partial charge in [0.15, 0.2) is 5.13 Å². The molecule has 2 heterocycles. The van der Waals surface area contributed by atoms with Crippen molar-refractivity contribution in [3.8, 4) is 10.6 Å². The number of benzene rings is 1. The van der Waals surface area contributed by atoms with Crippen molar-refractivity contribution in [1.82, 2.24) is 4.98 Å². The van der Waals surface area contributed by atoms with Crippen LogP contribution in [0, 0.1) is 10.1 Å². The van der Waals surface area contributed by atoms with Crippen LogP contribution in [-0.2, 0) is 0 Å². The SMILES string of the molecule is O=C(Nc1nc(-c2cccs2)cs1)c1ccc(NC2CC2)c([N+](=O)[O-])c1. The van der Waals surface area contributed by atoms with E-state index >= 15 is 0 Å². The van der Waals surface area contributed by atoms with Gasteiger partial charge < -0.3 is 5.32 Å². The van der Waals surface area contributed by atoms with Crippen molar-refractivity contribution in [2.24, 2.45) is 0 Å². The quantitative estimate of drug-likeness (QED) is 0.476.